The molecular formula is C26H25N5O4. The maximum absolute atomic E-state index is 13.2. The second-order valence-electron chi connectivity index (χ2n) is 8.88. The Morgan fingerprint density at radius 2 is 1.66 bits per heavy atom. The summed E-state index contributed by atoms with van der Waals surface area (Å²) >= 11 is 0. The molecule has 1 N–H and O–H groups in total. The van der Waals surface area contributed by atoms with Crippen molar-refractivity contribution in [2.75, 3.05) is 18.4 Å². The molecule has 5 rings (SSSR count). The number of hydrogen-bond donors (Lipinski definition) is 1. The van der Waals surface area contributed by atoms with Gasteiger partial charge in [-0.2, -0.15) is 0 Å². The van der Waals surface area contributed by atoms with Crippen molar-refractivity contribution in [2.24, 2.45) is 20.0 Å². The molecule has 0 atom stereocenters. The Bertz CT molecular complexity index is 1590. The average molecular weight is 472 g/mol. The average Bonchev–Trinajstić information content (AvgIpc) is 2.90. The molecule has 3 heterocycles. The Kier molecular flexibility index (Phi) is 5.68. The van der Waals surface area contributed by atoms with Crippen LogP contribution in [0.1, 0.15) is 23.2 Å². The summed E-state index contributed by atoms with van der Waals surface area (Å²) in [4.78, 5) is 56.7. The molecule has 0 unspecified atom stereocenters. The van der Waals surface area contributed by atoms with Crippen LogP contribution in [0.5, 0.6) is 0 Å². The van der Waals surface area contributed by atoms with E-state index in [4.69, 9.17) is 0 Å². The number of nitrogens with zero attached hydrogens (tertiary/aromatic N) is 4. The maximum Gasteiger partial charge on any atom is 0.332 e. The van der Waals surface area contributed by atoms with Gasteiger partial charge in [0.25, 0.3) is 11.5 Å². The molecule has 4 aromatic rings. The summed E-state index contributed by atoms with van der Waals surface area (Å²) in [5.41, 5.74) is 0.400. The third kappa shape index (κ3) is 3.99. The number of carbonyl (C=O) groups is 2. The number of carbonyl (C=O) groups excluding carboxylic acids is 2. The maximum atomic E-state index is 13.2. The summed E-state index contributed by atoms with van der Waals surface area (Å²) in [6.07, 6.45) is 2.53. The van der Waals surface area contributed by atoms with Gasteiger partial charge in [-0.1, -0.05) is 36.4 Å². The van der Waals surface area contributed by atoms with E-state index in [1.807, 2.05) is 42.5 Å². The number of benzene rings is 2. The summed E-state index contributed by atoms with van der Waals surface area (Å²) in [6.45, 7) is 0.970. The number of nitrogens with one attached hydrogen (secondary N) is 1. The van der Waals surface area contributed by atoms with Gasteiger partial charge in [0.15, 0.2) is 0 Å². The highest BCUT2D eigenvalue weighted by molar-refractivity contribution is 6.07. The van der Waals surface area contributed by atoms with E-state index in [0.29, 0.717) is 37.2 Å². The smallest absolute Gasteiger partial charge is 0.332 e. The van der Waals surface area contributed by atoms with Crippen molar-refractivity contribution in [2.45, 2.75) is 12.8 Å². The number of rotatable bonds is 3. The largest absolute Gasteiger partial charge is 0.339 e. The van der Waals surface area contributed by atoms with Gasteiger partial charge >= 0.3 is 5.69 Å². The number of piperidine rings is 1. The van der Waals surface area contributed by atoms with E-state index in [0.717, 1.165) is 15.3 Å². The van der Waals surface area contributed by atoms with Crippen molar-refractivity contribution in [3.05, 3.63) is 81.1 Å². The van der Waals surface area contributed by atoms with Crippen LogP contribution < -0.4 is 16.6 Å². The van der Waals surface area contributed by atoms with Crippen LogP contribution in [0.4, 0.5) is 5.69 Å². The molecule has 1 aliphatic heterocycles. The normalized spacial score (nSPS) is 14.4. The zero-order valence-corrected chi connectivity index (χ0v) is 19.5. The summed E-state index contributed by atoms with van der Waals surface area (Å²) in [7, 11) is 2.95. The van der Waals surface area contributed by atoms with Gasteiger partial charge in [0.1, 0.15) is 5.65 Å². The lowest BCUT2D eigenvalue weighted by molar-refractivity contribution is -0.121. The minimum Gasteiger partial charge on any atom is -0.339 e. The fourth-order valence-electron chi connectivity index (χ4n) is 4.71. The van der Waals surface area contributed by atoms with E-state index in [-0.39, 0.29) is 28.8 Å². The summed E-state index contributed by atoms with van der Waals surface area (Å²) in [5.74, 6) is -0.462. The molecule has 9 nitrogen and oxygen atoms in total. The van der Waals surface area contributed by atoms with Gasteiger partial charge in [-0.05, 0) is 35.7 Å². The van der Waals surface area contributed by atoms with E-state index in [2.05, 4.69) is 10.3 Å². The molecule has 9 heteroatoms. The van der Waals surface area contributed by atoms with Gasteiger partial charge in [-0.15, -0.1) is 0 Å². The molecule has 2 aromatic carbocycles. The number of aryl methyl sites for hydroxylation is 1. The molecule has 0 aliphatic carbocycles. The van der Waals surface area contributed by atoms with Crippen LogP contribution in [0, 0.1) is 5.92 Å². The highest BCUT2D eigenvalue weighted by atomic mass is 16.2. The van der Waals surface area contributed by atoms with Crippen molar-refractivity contribution < 1.29 is 9.59 Å². The van der Waals surface area contributed by atoms with Crippen LogP contribution in [0.15, 0.2) is 64.3 Å². The van der Waals surface area contributed by atoms with Crippen LogP contribution in [-0.2, 0) is 18.9 Å². The molecule has 2 amide bonds. The third-order valence-electron chi connectivity index (χ3n) is 6.73. The predicted octanol–water partition coefficient (Wildman–Crippen LogP) is 2.28. The molecule has 178 valence electrons. The minimum atomic E-state index is -0.466. The van der Waals surface area contributed by atoms with E-state index < -0.39 is 11.2 Å². The molecule has 0 saturated carbocycles. The number of aromatic nitrogens is 3. The van der Waals surface area contributed by atoms with Gasteiger partial charge in [0, 0.05) is 38.7 Å². The molecule has 0 bridgehead atoms. The van der Waals surface area contributed by atoms with Crippen molar-refractivity contribution in [1.29, 1.82) is 0 Å². The second kappa shape index (κ2) is 8.83. The van der Waals surface area contributed by atoms with Crippen LogP contribution >= 0.6 is 0 Å². The molecule has 35 heavy (non-hydrogen) atoms. The Labute approximate surface area is 200 Å². The molecular weight excluding hydrogens is 446 g/mol. The van der Waals surface area contributed by atoms with Crippen molar-refractivity contribution in [3.8, 4) is 0 Å². The topological polar surface area (TPSA) is 106 Å². The number of amides is 2. The molecule has 1 aliphatic rings. The third-order valence-corrected chi connectivity index (χ3v) is 6.73. The van der Waals surface area contributed by atoms with Gasteiger partial charge in [0.05, 0.1) is 17.3 Å². The SMILES string of the molecule is Cn1c(=O)c2cc(NC(=O)C3CCN(C(=O)c4cccc5ccccc45)CC3)cnc2n(C)c1=O. The van der Waals surface area contributed by atoms with Gasteiger partial charge < -0.3 is 10.2 Å². The van der Waals surface area contributed by atoms with Gasteiger partial charge in [-0.25, -0.2) is 9.78 Å². The summed E-state index contributed by atoms with van der Waals surface area (Å²) in [5, 5.41) is 5.04. The van der Waals surface area contributed by atoms with Crippen LogP contribution in [0.2, 0.25) is 0 Å². The van der Waals surface area contributed by atoms with E-state index >= 15 is 0 Å². The van der Waals surface area contributed by atoms with Crippen LogP contribution in [-0.4, -0.2) is 43.9 Å². The number of hydrogen-bond acceptors (Lipinski definition) is 5. The van der Waals surface area contributed by atoms with Gasteiger partial charge in [0.2, 0.25) is 5.91 Å². The lowest BCUT2D eigenvalue weighted by Crippen LogP contribution is -2.41. The van der Waals surface area contributed by atoms with Crippen molar-refractivity contribution in [1.82, 2.24) is 19.0 Å². The monoisotopic (exact) mass is 471 g/mol. The summed E-state index contributed by atoms with van der Waals surface area (Å²) in [6, 6.07) is 15.1. The quantitative estimate of drug-likeness (QED) is 0.493. The van der Waals surface area contributed by atoms with Crippen molar-refractivity contribution >= 4 is 39.3 Å². The summed E-state index contributed by atoms with van der Waals surface area (Å²) < 4.78 is 2.31. The van der Waals surface area contributed by atoms with E-state index in [9.17, 15) is 19.2 Å². The highest BCUT2D eigenvalue weighted by Crippen LogP contribution is 2.24. The fourth-order valence-corrected chi connectivity index (χ4v) is 4.71. The molecule has 1 fully saturated rings. The Morgan fingerprint density at radius 1 is 0.943 bits per heavy atom. The first-order chi connectivity index (χ1) is 16.8. The number of likely N-dealkylation sites (tertiary alicyclic amines) is 1. The molecule has 0 spiro atoms. The number of fused-ring (bicyclic) bond motifs is 2. The molecule has 0 radical (unpaired) electrons. The van der Waals surface area contributed by atoms with E-state index in [1.165, 1.54) is 17.8 Å². The Hall–Kier alpha value is -4.27. The van der Waals surface area contributed by atoms with Crippen LogP contribution in [0.25, 0.3) is 21.8 Å². The molecule has 1 saturated heterocycles. The molecule has 2 aromatic heterocycles. The van der Waals surface area contributed by atoms with E-state index in [1.54, 1.807) is 18.0 Å². The first-order valence-corrected chi connectivity index (χ1v) is 11.5. The zero-order valence-electron chi connectivity index (χ0n) is 19.5. The number of anilines is 1. The Morgan fingerprint density at radius 3 is 2.43 bits per heavy atom. The highest BCUT2D eigenvalue weighted by Gasteiger charge is 2.28. The lowest BCUT2D eigenvalue weighted by atomic mass is 9.94. The fraction of sp³-hybridized carbons (Fsp3) is 0.269. The van der Waals surface area contributed by atoms with Crippen LogP contribution in [0.3, 0.4) is 0 Å². The number of pyridine rings is 1. The van der Waals surface area contributed by atoms with Crippen molar-refractivity contribution in [3.63, 3.8) is 0 Å². The van der Waals surface area contributed by atoms with Gasteiger partial charge in [-0.3, -0.25) is 23.5 Å². The minimum absolute atomic E-state index is 0.0270. The first kappa shape index (κ1) is 22.5. The zero-order chi connectivity index (χ0) is 24.7. The second-order valence-corrected chi connectivity index (χ2v) is 8.88. The Balaban J connectivity index is 1.28. The lowest BCUT2D eigenvalue weighted by Gasteiger charge is -2.31. The standard InChI is InChI=1S/C26H25N5O4/c1-29-22-21(24(33)30(2)26(29)35)14-18(15-27-22)28-23(32)17-10-12-31(13-11-17)25(34)20-9-5-7-16-6-3-4-8-19(16)20/h3-9,14-15,17H,10-13H2,1-2H3,(H,28,32). The predicted molar refractivity (Wildman–Crippen MR) is 133 cm³/mol. The first-order valence-electron chi connectivity index (χ1n) is 11.5.